The number of nitriles is 1. The van der Waals surface area contributed by atoms with Crippen molar-refractivity contribution >= 4 is 0 Å². The Morgan fingerprint density at radius 2 is 2.18 bits per heavy atom. The lowest BCUT2D eigenvalue weighted by atomic mass is 10.1. The summed E-state index contributed by atoms with van der Waals surface area (Å²) in [6, 6.07) is 11.5. The largest absolute Gasteiger partial charge is 0.473 e. The smallest absolute Gasteiger partial charge is 0.214 e. The van der Waals surface area contributed by atoms with Gasteiger partial charge in [0.25, 0.3) is 0 Å². The minimum Gasteiger partial charge on any atom is -0.473 e. The SMILES string of the molecule is N#Cc1ccc(COc2cccc(-c3cn[nH]c3)n2)c(F)c1. The summed E-state index contributed by atoms with van der Waals surface area (Å²) >= 11 is 0. The minimum absolute atomic E-state index is 0.0411. The Bertz CT molecular complexity index is 824. The molecule has 0 amide bonds. The lowest BCUT2D eigenvalue weighted by Gasteiger charge is -2.07. The van der Waals surface area contributed by atoms with E-state index in [0.717, 1.165) is 5.56 Å². The van der Waals surface area contributed by atoms with E-state index in [0.29, 0.717) is 17.1 Å². The van der Waals surface area contributed by atoms with Crippen LogP contribution >= 0.6 is 0 Å². The van der Waals surface area contributed by atoms with Gasteiger partial charge in [-0.2, -0.15) is 10.4 Å². The molecule has 0 aliphatic heterocycles. The van der Waals surface area contributed by atoms with Crippen molar-refractivity contribution < 1.29 is 9.13 Å². The van der Waals surface area contributed by atoms with E-state index in [1.54, 1.807) is 30.6 Å². The molecule has 5 nitrogen and oxygen atoms in total. The fraction of sp³-hybridized carbons (Fsp3) is 0.0625. The summed E-state index contributed by atoms with van der Waals surface area (Å²) < 4.78 is 19.3. The molecule has 3 aromatic rings. The van der Waals surface area contributed by atoms with Gasteiger partial charge in [-0.1, -0.05) is 12.1 Å². The molecule has 22 heavy (non-hydrogen) atoms. The molecule has 2 aromatic heterocycles. The van der Waals surface area contributed by atoms with Gasteiger partial charge >= 0.3 is 0 Å². The number of nitrogens with one attached hydrogen (secondary N) is 1. The van der Waals surface area contributed by atoms with E-state index < -0.39 is 5.82 Å². The zero-order chi connectivity index (χ0) is 15.4. The first-order valence-corrected chi connectivity index (χ1v) is 6.54. The summed E-state index contributed by atoms with van der Waals surface area (Å²) in [7, 11) is 0. The molecule has 0 saturated heterocycles. The monoisotopic (exact) mass is 294 g/mol. The third-order valence-electron chi connectivity index (χ3n) is 3.08. The average molecular weight is 294 g/mol. The van der Waals surface area contributed by atoms with Crippen molar-refractivity contribution in [3.63, 3.8) is 0 Å². The molecule has 1 N–H and O–H groups in total. The van der Waals surface area contributed by atoms with E-state index in [-0.39, 0.29) is 12.2 Å². The average Bonchev–Trinajstić information content (AvgIpc) is 3.08. The molecule has 3 rings (SSSR count). The summed E-state index contributed by atoms with van der Waals surface area (Å²) in [5, 5.41) is 15.3. The highest BCUT2D eigenvalue weighted by molar-refractivity contribution is 5.57. The van der Waals surface area contributed by atoms with Crippen molar-refractivity contribution in [3.8, 4) is 23.2 Å². The predicted octanol–water partition coefficient (Wildman–Crippen LogP) is 3.06. The van der Waals surface area contributed by atoms with Gasteiger partial charge in [-0.05, 0) is 18.2 Å². The van der Waals surface area contributed by atoms with Gasteiger partial charge < -0.3 is 4.74 Å². The van der Waals surface area contributed by atoms with Crippen LogP contribution in [0.15, 0.2) is 48.8 Å². The van der Waals surface area contributed by atoms with Gasteiger partial charge in [-0.3, -0.25) is 5.10 Å². The normalized spacial score (nSPS) is 10.2. The molecule has 0 atom stereocenters. The Balaban J connectivity index is 1.75. The first kappa shape index (κ1) is 13.8. The van der Waals surface area contributed by atoms with Crippen LogP contribution in [0.3, 0.4) is 0 Å². The number of hydrogen-bond acceptors (Lipinski definition) is 4. The Labute approximate surface area is 126 Å². The molecule has 0 saturated carbocycles. The summed E-state index contributed by atoms with van der Waals surface area (Å²) in [6.45, 7) is 0.0411. The van der Waals surface area contributed by atoms with Crippen molar-refractivity contribution in [3.05, 3.63) is 65.7 Å². The maximum absolute atomic E-state index is 13.8. The lowest BCUT2D eigenvalue weighted by Crippen LogP contribution is -2.00. The van der Waals surface area contributed by atoms with Crippen molar-refractivity contribution in [1.29, 1.82) is 5.26 Å². The standard InChI is InChI=1S/C16H11FN4O/c17-14-6-11(7-18)4-5-12(14)10-22-16-3-1-2-15(21-16)13-8-19-20-9-13/h1-6,8-9H,10H2,(H,19,20). The Kier molecular flexibility index (Phi) is 3.79. The van der Waals surface area contributed by atoms with Crippen LogP contribution in [0.25, 0.3) is 11.3 Å². The zero-order valence-corrected chi connectivity index (χ0v) is 11.5. The molecular weight excluding hydrogens is 283 g/mol. The van der Waals surface area contributed by atoms with Gasteiger partial charge in [0.2, 0.25) is 5.88 Å². The van der Waals surface area contributed by atoms with E-state index >= 15 is 0 Å². The topological polar surface area (TPSA) is 74.6 Å². The van der Waals surface area contributed by atoms with Crippen LogP contribution in [0.1, 0.15) is 11.1 Å². The molecule has 6 heteroatoms. The highest BCUT2D eigenvalue weighted by Crippen LogP contribution is 2.19. The van der Waals surface area contributed by atoms with E-state index in [9.17, 15) is 4.39 Å². The van der Waals surface area contributed by atoms with E-state index in [4.69, 9.17) is 10.00 Å². The summed E-state index contributed by atoms with van der Waals surface area (Å²) in [4.78, 5) is 4.34. The van der Waals surface area contributed by atoms with Crippen LogP contribution < -0.4 is 4.74 Å². The number of ether oxygens (including phenoxy) is 1. The van der Waals surface area contributed by atoms with Crippen molar-refractivity contribution in [2.75, 3.05) is 0 Å². The number of aromatic nitrogens is 3. The van der Waals surface area contributed by atoms with Crippen LogP contribution in [-0.4, -0.2) is 15.2 Å². The third-order valence-corrected chi connectivity index (χ3v) is 3.08. The number of pyridine rings is 1. The van der Waals surface area contributed by atoms with Gasteiger partial charge in [-0.15, -0.1) is 0 Å². The predicted molar refractivity (Wildman–Crippen MR) is 77.3 cm³/mol. The minimum atomic E-state index is -0.468. The fourth-order valence-corrected chi connectivity index (χ4v) is 1.93. The van der Waals surface area contributed by atoms with Crippen molar-refractivity contribution in [1.82, 2.24) is 15.2 Å². The van der Waals surface area contributed by atoms with E-state index in [1.165, 1.54) is 12.1 Å². The molecule has 0 spiro atoms. The van der Waals surface area contributed by atoms with Gasteiger partial charge in [0, 0.05) is 23.4 Å². The number of H-pyrrole nitrogens is 1. The number of rotatable bonds is 4. The van der Waals surface area contributed by atoms with E-state index in [1.807, 2.05) is 12.1 Å². The Morgan fingerprint density at radius 3 is 2.91 bits per heavy atom. The second kappa shape index (κ2) is 6.06. The maximum atomic E-state index is 13.8. The van der Waals surface area contributed by atoms with E-state index in [2.05, 4.69) is 15.2 Å². The van der Waals surface area contributed by atoms with Gasteiger partial charge in [0.05, 0.1) is 23.5 Å². The number of aromatic amines is 1. The van der Waals surface area contributed by atoms with Gasteiger partial charge in [-0.25, -0.2) is 9.37 Å². The van der Waals surface area contributed by atoms with Gasteiger partial charge in [0.1, 0.15) is 12.4 Å². The molecule has 108 valence electrons. The molecule has 0 aliphatic rings. The third kappa shape index (κ3) is 2.94. The summed E-state index contributed by atoms with van der Waals surface area (Å²) in [5.74, 6) is -0.0764. The Hall–Kier alpha value is -3.20. The van der Waals surface area contributed by atoms with Crippen LogP contribution in [-0.2, 0) is 6.61 Å². The lowest BCUT2D eigenvalue weighted by molar-refractivity contribution is 0.288. The second-order valence-corrected chi connectivity index (χ2v) is 4.55. The molecule has 1 aromatic carbocycles. The molecule has 0 fully saturated rings. The highest BCUT2D eigenvalue weighted by atomic mass is 19.1. The second-order valence-electron chi connectivity index (χ2n) is 4.55. The first-order valence-electron chi connectivity index (χ1n) is 6.54. The molecule has 0 aliphatic carbocycles. The van der Waals surface area contributed by atoms with Gasteiger partial charge in [0.15, 0.2) is 0 Å². The molecule has 2 heterocycles. The van der Waals surface area contributed by atoms with Crippen molar-refractivity contribution in [2.45, 2.75) is 6.61 Å². The maximum Gasteiger partial charge on any atom is 0.214 e. The molecule has 0 radical (unpaired) electrons. The summed E-state index contributed by atoms with van der Waals surface area (Å²) in [5.41, 5.74) is 2.21. The molecule has 0 unspecified atom stereocenters. The Morgan fingerprint density at radius 1 is 1.27 bits per heavy atom. The first-order chi connectivity index (χ1) is 10.8. The number of benzene rings is 1. The number of hydrogen-bond donors (Lipinski definition) is 1. The van der Waals surface area contributed by atoms with Crippen LogP contribution in [0.5, 0.6) is 5.88 Å². The highest BCUT2D eigenvalue weighted by Gasteiger charge is 2.06. The van der Waals surface area contributed by atoms with Crippen LogP contribution in [0, 0.1) is 17.1 Å². The zero-order valence-electron chi connectivity index (χ0n) is 11.5. The fourth-order valence-electron chi connectivity index (χ4n) is 1.93. The van der Waals surface area contributed by atoms with Crippen LogP contribution in [0.4, 0.5) is 4.39 Å². The number of nitrogens with zero attached hydrogens (tertiary/aromatic N) is 3. The molecule has 0 bridgehead atoms. The summed E-state index contributed by atoms with van der Waals surface area (Å²) in [6.07, 6.45) is 3.39. The van der Waals surface area contributed by atoms with Crippen molar-refractivity contribution in [2.24, 2.45) is 0 Å². The quantitative estimate of drug-likeness (QED) is 0.802. The number of halogens is 1. The molecular formula is C16H11FN4O. The van der Waals surface area contributed by atoms with Crippen LogP contribution in [0.2, 0.25) is 0 Å².